The molecule has 0 aliphatic carbocycles. The van der Waals surface area contributed by atoms with E-state index in [9.17, 15) is 14.4 Å². The Labute approximate surface area is 198 Å². The summed E-state index contributed by atoms with van der Waals surface area (Å²) in [6, 6.07) is 7.72. The molecule has 182 valence electrons. The lowest BCUT2D eigenvalue weighted by Gasteiger charge is -2.25. The monoisotopic (exact) mass is 468 g/mol. The number of anilines is 2. The van der Waals surface area contributed by atoms with Crippen LogP contribution in [0.15, 0.2) is 40.1 Å². The molecule has 0 unspecified atom stereocenters. The molecule has 0 atom stereocenters. The molecule has 0 aliphatic heterocycles. The van der Waals surface area contributed by atoms with Crippen LogP contribution < -0.4 is 21.9 Å². The lowest BCUT2D eigenvalue weighted by Crippen LogP contribution is -2.42. The van der Waals surface area contributed by atoms with Crippen LogP contribution in [0.4, 0.5) is 11.5 Å². The predicted molar refractivity (Wildman–Crippen MR) is 132 cm³/mol. The van der Waals surface area contributed by atoms with E-state index in [1.165, 1.54) is 15.7 Å². The molecule has 10 heteroatoms. The second-order valence-corrected chi connectivity index (χ2v) is 8.64. The second-order valence-electron chi connectivity index (χ2n) is 8.64. The second kappa shape index (κ2) is 10.5. The zero-order valence-corrected chi connectivity index (χ0v) is 20.3. The zero-order chi connectivity index (χ0) is 25.0. The Hall–Kier alpha value is -3.66. The number of ether oxygens (including phenoxy) is 1. The van der Waals surface area contributed by atoms with Crippen molar-refractivity contribution in [3.63, 3.8) is 0 Å². The fraction of sp³-hybridized carbons (Fsp3) is 0.417. The number of carbonyl (C=O) groups excluding carboxylic acids is 1. The number of aryl methyl sites for hydroxylation is 1. The largest absolute Gasteiger partial charge is 0.385 e. The Morgan fingerprint density at radius 3 is 2.59 bits per heavy atom. The minimum absolute atomic E-state index is 0.0443. The van der Waals surface area contributed by atoms with E-state index in [2.05, 4.69) is 10.1 Å². The summed E-state index contributed by atoms with van der Waals surface area (Å²) in [5.74, 6) is -0.372. The van der Waals surface area contributed by atoms with Crippen molar-refractivity contribution in [2.75, 3.05) is 30.9 Å². The van der Waals surface area contributed by atoms with E-state index in [-0.39, 0.29) is 24.0 Å². The molecule has 1 aromatic carbocycles. The number of aromatic amines is 1. The van der Waals surface area contributed by atoms with Crippen LogP contribution in [0.2, 0.25) is 0 Å². The third-order valence-corrected chi connectivity index (χ3v) is 5.59. The molecule has 3 rings (SSSR count). The molecule has 34 heavy (non-hydrogen) atoms. The predicted octanol–water partition coefficient (Wildman–Crippen LogP) is 2.26. The average molecular weight is 469 g/mol. The molecule has 2 aromatic heterocycles. The highest BCUT2D eigenvalue weighted by atomic mass is 16.5. The van der Waals surface area contributed by atoms with Crippen LogP contribution in [0.25, 0.3) is 5.69 Å². The molecule has 10 nitrogen and oxygen atoms in total. The smallest absolute Gasteiger partial charge is 0.330 e. The SMILES string of the molecule is COCCCN(C(=O)c1cnn(-c2ccccc2C)c1C)c1c(N)n(CC(C)C)c(=O)[nH]c1=O. The van der Waals surface area contributed by atoms with Crippen molar-refractivity contribution in [2.24, 2.45) is 5.92 Å². The first-order valence-electron chi connectivity index (χ1n) is 11.2. The molecular formula is C24H32N6O4. The number of para-hydroxylation sites is 1. The van der Waals surface area contributed by atoms with Gasteiger partial charge in [0.1, 0.15) is 5.82 Å². The number of nitrogens with two attached hydrogens (primary N) is 1. The summed E-state index contributed by atoms with van der Waals surface area (Å²) in [5.41, 5.74) is 7.76. The van der Waals surface area contributed by atoms with Gasteiger partial charge in [-0.15, -0.1) is 0 Å². The van der Waals surface area contributed by atoms with Crippen molar-refractivity contribution in [1.82, 2.24) is 19.3 Å². The number of benzene rings is 1. The molecule has 0 bridgehead atoms. The number of aromatic nitrogens is 4. The maximum Gasteiger partial charge on any atom is 0.330 e. The van der Waals surface area contributed by atoms with Crippen LogP contribution in [0.5, 0.6) is 0 Å². The Bertz CT molecular complexity index is 1290. The van der Waals surface area contributed by atoms with E-state index >= 15 is 0 Å². The Morgan fingerprint density at radius 1 is 1.24 bits per heavy atom. The van der Waals surface area contributed by atoms with Crippen LogP contribution in [0.3, 0.4) is 0 Å². The summed E-state index contributed by atoms with van der Waals surface area (Å²) in [5, 5.41) is 4.43. The van der Waals surface area contributed by atoms with Crippen molar-refractivity contribution in [2.45, 2.75) is 40.7 Å². The molecule has 0 fully saturated rings. The summed E-state index contributed by atoms with van der Waals surface area (Å²) in [7, 11) is 1.56. The van der Waals surface area contributed by atoms with Crippen LogP contribution >= 0.6 is 0 Å². The van der Waals surface area contributed by atoms with Crippen molar-refractivity contribution >= 4 is 17.4 Å². The van der Waals surface area contributed by atoms with Gasteiger partial charge in [0.2, 0.25) is 0 Å². The summed E-state index contributed by atoms with van der Waals surface area (Å²) in [6.45, 7) is 8.49. The number of rotatable bonds is 9. The number of nitrogens with zero attached hydrogens (tertiary/aromatic N) is 4. The first kappa shape index (κ1) is 25.0. The molecule has 0 spiro atoms. The van der Waals surface area contributed by atoms with Gasteiger partial charge in [0.05, 0.1) is 23.1 Å². The maximum absolute atomic E-state index is 13.7. The van der Waals surface area contributed by atoms with Crippen LogP contribution in [0, 0.1) is 19.8 Å². The standard InChI is InChI=1S/C24H32N6O4/c1-15(2)14-29-21(25)20(22(31)27-24(29)33)28(11-8-12-34-5)23(32)18-13-26-30(17(18)4)19-10-7-6-9-16(19)3/h6-7,9-10,13,15H,8,11-12,14,25H2,1-5H3,(H,27,31,33). The zero-order valence-electron chi connectivity index (χ0n) is 20.3. The van der Waals surface area contributed by atoms with Gasteiger partial charge in [-0.3, -0.25) is 19.1 Å². The minimum atomic E-state index is -0.711. The topological polar surface area (TPSA) is 128 Å². The van der Waals surface area contributed by atoms with Crippen LogP contribution in [0.1, 0.15) is 41.9 Å². The van der Waals surface area contributed by atoms with E-state index in [1.807, 2.05) is 45.0 Å². The van der Waals surface area contributed by atoms with Gasteiger partial charge in [-0.1, -0.05) is 32.0 Å². The summed E-state index contributed by atoms with van der Waals surface area (Å²) in [6.07, 6.45) is 1.96. The van der Waals surface area contributed by atoms with E-state index in [0.717, 1.165) is 11.3 Å². The molecule has 0 saturated carbocycles. The quantitative estimate of drug-likeness (QED) is 0.464. The summed E-state index contributed by atoms with van der Waals surface area (Å²) in [4.78, 5) is 42.7. The molecular weight excluding hydrogens is 436 g/mol. The Balaban J connectivity index is 2.12. The average Bonchev–Trinajstić information content (AvgIpc) is 3.16. The minimum Gasteiger partial charge on any atom is -0.385 e. The first-order valence-corrected chi connectivity index (χ1v) is 11.2. The highest BCUT2D eigenvalue weighted by Crippen LogP contribution is 2.23. The van der Waals surface area contributed by atoms with Gasteiger partial charge in [-0.2, -0.15) is 5.10 Å². The van der Waals surface area contributed by atoms with Crippen LogP contribution in [-0.4, -0.2) is 45.5 Å². The summed E-state index contributed by atoms with van der Waals surface area (Å²) >= 11 is 0. The van der Waals surface area contributed by atoms with Gasteiger partial charge >= 0.3 is 5.69 Å². The fourth-order valence-electron chi connectivity index (χ4n) is 3.88. The van der Waals surface area contributed by atoms with Crippen molar-refractivity contribution in [3.8, 4) is 5.69 Å². The van der Waals surface area contributed by atoms with E-state index in [4.69, 9.17) is 10.5 Å². The number of hydrogen-bond acceptors (Lipinski definition) is 6. The molecule has 0 aliphatic rings. The molecule has 3 N–H and O–H groups in total. The number of H-pyrrole nitrogens is 1. The van der Waals surface area contributed by atoms with Crippen LogP contribution in [-0.2, 0) is 11.3 Å². The number of nitrogen functional groups attached to an aromatic ring is 1. The summed E-state index contributed by atoms with van der Waals surface area (Å²) < 4.78 is 8.13. The van der Waals surface area contributed by atoms with Gasteiger partial charge in [-0.25, -0.2) is 9.48 Å². The fourth-order valence-corrected chi connectivity index (χ4v) is 3.88. The van der Waals surface area contributed by atoms with Crippen molar-refractivity contribution in [3.05, 3.63) is 68.1 Å². The highest BCUT2D eigenvalue weighted by molar-refractivity contribution is 6.07. The molecule has 1 amide bonds. The Kier molecular flexibility index (Phi) is 7.72. The van der Waals surface area contributed by atoms with Gasteiger partial charge in [0.25, 0.3) is 11.5 Å². The van der Waals surface area contributed by atoms with Gasteiger partial charge in [0.15, 0.2) is 5.69 Å². The number of nitrogens with one attached hydrogen (secondary N) is 1. The number of hydrogen-bond donors (Lipinski definition) is 2. The number of amides is 1. The van der Waals surface area contributed by atoms with Gasteiger partial charge < -0.3 is 15.4 Å². The first-order chi connectivity index (χ1) is 16.2. The van der Waals surface area contributed by atoms with Crippen molar-refractivity contribution < 1.29 is 9.53 Å². The molecule has 0 saturated heterocycles. The van der Waals surface area contributed by atoms with E-state index < -0.39 is 17.2 Å². The maximum atomic E-state index is 13.7. The van der Waals surface area contributed by atoms with Crippen molar-refractivity contribution in [1.29, 1.82) is 0 Å². The highest BCUT2D eigenvalue weighted by Gasteiger charge is 2.28. The van der Waals surface area contributed by atoms with Gasteiger partial charge in [0, 0.05) is 26.8 Å². The third-order valence-electron chi connectivity index (χ3n) is 5.59. The van der Waals surface area contributed by atoms with E-state index in [1.54, 1.807) is 18.7 Å². The Morgan fingerprint density at radius 2 is 1.94 bits per heavy atom. The lowest BCUT2D eigenvalue weighted by atomic mass is 10.1. The van der Waals surface area contributed by atoms with Gasteiger partial charge in [-0.05, 0) is 37.8 Å². The molecule has 2 heterocycles. The third kappa shape index (κ3) is 4.96. The number of methoxy groups -OCH3 is 1. The van der Waals surface area contributed by atoms with E-state index in [0.29, 0.717) is 30.8 Å². The molecule has 3 aromatic rings. The molecule has 0 radical (unpaired) electrons. The lowest BCUT2D eigenvalue weighted by molar-refractivity contribution is 0.0982. The number of carbonyl (C=O) groups is 1. The normalized spacial score (nSPS) is 11.2.